The van der Waals surface area contributed by atoms with Gasteiger partial charge in [-0.05, 0) is 42.0 Å². The van der Waals surface area contributed by atoms with E-state index in [0.29, 0.717) is 23.5 Å². The van der Waals surface area contributed by atoms with Crippen LogP contribution in [0.4, 0.5) is 17.2 Å². The molecule has 0 atom stereocenters. The van der Waals surface area contributed by atoms with Crippen LogP contribution in [0.5, 0.6) is 5.75 Å². The van der Waals surface area contributed by atoms with Crippen molar-refractivity contribution in [3.63, 3.8) is 0 Å². The molecular formula is C23H21N5O2. The number of nitrogens with zero attached hydrogens (tertiary/aromatic N) is 2. The molecule has 7 heteroatoms. The van der Waals surface area contributed by atoms with E-state index in [0.717, 1.165) is 28.0 Å². The lowest BCUT2D eigenvalue weighted by Gasteiger charge is -2.10. The van der Waals surface area contributed by atoms with Crippen molar-refractivity contribution in [2.24, 2.45) is 0 Å². The summed E-state index contributed by atoms with van der Waals surface area (Å²) in [6.07, 6.45) is 1.52. The molecule has 7 nitrogen and oxygen atoms in total. The molecule has 0 aliphatic rings. The number of benzene rings is 3. The van der Waals surface area contributed by atoms with Gasteiger partial charge in [-0.15, -0.1) is 0 Å². The van der Waals surface area contributed by atoms with Crippen molar-refractivity contribution >= 4 is 34.0 Å². The molecule has 0 unspecified atom stereocenters. The zero-order valence-electron chi connectivity index (χ0n) is 16.4. The third-order valence-corrected chi connectivity index (χ3v) is 4.73. The summed E-state index contributed by atoms with van der Waals surface area (Å²) in [6, 6.07) is 20.2. The number of ether oxygens (including phenoxy) is 1. The van der Waals surface area contributed by atoms with E-state index in [9.17, 15) is 4.79 Å². The minimum Gasteiger partial charge on any atom is -0.497 e. The lowest BCUT2D eigenvalue weighted by Crippen LogP contribution is -2.13. The fourth-order valence-electron chi connectivity index (χ4n) is 3.07. The standard InChI is InChI=1S/C23H21N5O2/c1-30-17-10-11-18-21(12-17)26-14-27-22(18)25-13-15-6-8-16(9-7-15)23(29)28-20-5-3-2-4-19(20)24/h2-12,14H,13,24H2,1H3,(H,28,29)(H,25,26,27). The summed E-state index contributed by atoms with van der Waals surface area (Å²) in [5.41, 5.74) is 9.39. The van der Waals surface area contributed by atoms with E-state index in [1.807, 2.05) is 42.5 Å². The van der Waals surface area contributed by atoms with Gasteiger partial charge in [0.2, 0.25) is 0 Å². The highest BCUT2D eigenvalue weighted by Gasteiger charge is 2.09. The summed E-state index contributed by atoms with van der Waals surface area (Å²) in [7, 11) is 1.63. The van der Waals surface area contributed by atoms with Gasteiger partial charge in [0.15, 0.2) is 0 Å². The van der Waals surface area contributed by atoms with Gasteiger partial charge < -0.3 is 21.1 Å². The topological polar surface area (TPSA) is 102 Å². The van der Waals surface area contributed by atoms with Crippen LogP contribution in [0.25, 0.3) is 10.9 Å². The summed E-state index contributed by atoms with van der Waals surface area (Å²) in [6.45, 7) is 0.561. The molecule has 1 aromatic heterocycles. The quantitative estimate of drug-likeness (QED) is 0.422. The van der Waals surface area contributed by atoms with Crippen LogP contribution in [-0.2, 0) is 6.54 Å². The summed E-state index contributed by atoms with van der Waals surface area (Å²) < 4.78 is 5.25. The number of fused-ring (bicyclic) bond motifs is 1. The number of carbonyl (C=O) groups excluding carboxylic acids is 1. The van der Waals surface area contributed by atoms with E-state index in [4.69, 9.17) is 10.5 Å². The van der Waals surface area contributed by atoms with E-state index < -0.39 is 0 Å². The van der Waals surface area contributed by atoms with E-state index in [1.165, 1.54) is 6.33 Å². The number of nitrogens with one attached hydrogen (secondary N) is 2. The van der Waals surface area contributed by atoms with Gasteiger partial charge in [-0.2, -0.15) is 0 Å². The molecule has 3 aromatic carbocycles. The van der Waals surface area contributed by atoms with Gasteiger partial charge in [-0.1, -0.05) is 24.3 Å². The van der Waals surface area contributed by atoms with Gasteiger partial charge in [-0.25, -0.2) is 9.97 Å². The molecule has 0 radical (unpaired) electrons. The first-order valence-corrected chi connectivity index (χ1v) is 9.41. The highest BCUT2D eigenvalue weighted by Crippen LogP contribution is 2.24. The molecular weight excluding hydrogens is 378 g/mol. The van der Waals surface area contributed by atoms with Crippen LogP contribution in [-0.4, -0.2) is 23.0 Å². The molecule has 4 rings (SSSR count). The first kappa shape index (κ1) is 19.2. The SMILES string of the molecule is COc1ccc2c(NCc3ccc(C(=O)Nc4ccccc4N)cc3)ncnc2c1. The third-order valence-electron chi connectivity index (χ3n) is 4.73. The third kappa shape index (κ3) is 4.15. The van der Waals surface area contributed by atoms with Gasteiger partial charge in [0.25, 0.3) is 5.91 Å². The first-order valence-electron chi connectivity index (χ1n) is 9.41. The smallest absolute Gasteiger partial charge is 0.255 e. The number of aromatic nitrogens is 2. The lowest BCUT2D eigenvalue weighted by atomic mass is 10.1. The normalized spacial score (nSPS) is 10.6. The minimum atomic E-state index is -0.205. The molecule has 0 spiro atoms. The summed E-state index contributed by atoms with van der Waals surface area (Å²) >= 11 is 0. The Morgan fingerprint density at radius 1 is 1.03 bits per heavy atom. The molecule has 4 aromatic rings. The second-order valence-electron chi connectivity index (χ2n) is 6.70. The number of nitrogen functional groups attached to an aromatic ring is 1. The molecule has 0 bridgehead atoms. The molecule has 30 heavy (non-hydrogen) atoms. The minimum absolute atomic E-state index is 0.205. The van der Waals surface area contributed by atoms with Crippen molar-refractivity contribution in [1.29, 1.82) is 0 Å². The van der Waals surface area contributed by atoms with Gasteiger partial charge in [0.05, 0.1) is 24.0 Å². The van der Waals surface area contributed by atoms with Gasteiger partial charge in [0.1, 0.15) is 17.9 Å². The number of hydrogen-bond acceptors (Lipinski definition) is 6. The molecule has 1 amide bonds. The van der Waals surface area contributed by atoms with Crippen LogP contribution in [0, 0.1) is 0 Å². The van der Waals surface area contributed by atoms with Crippen LogP contribution in [0.3, 0.4) is 0 Å². The van der Waals surface area contributed by atoms with Crippen LogP contribution in [0.15, 0.2) is 73.1 Å². The number of para-hydroxylation sites is 2. The Kier molecular flexibility index (Phi) is 5.43. The maximum absolute atomic E-state index is 12.4. The second-order valence-corrected chi connectivity index (χ2v) is 6.70. The Bertz CT molecular complexity index is 1190. The van der Waals surface area contributed by atoms with Crippen LogP contribution >= 0.6 is 0 Å². The Morgan fingerprint density at radius 2 is 1.83 bits per heavy atom. The fourth-order valence-corrected chi connectivity index (χ4v) is 3.07. The molecule has 0 saturated heterocycles. The average Bonchev–Trinajstić information content (AvgIpc) is 2.79. The van der Waals surface area contributed by atoms with Gasteiger partial charge in [0, 0.05) is 23.6 Å². The predicted octanol–water partition coefficient (Wildman–Crippen LogP) is 4.09. The number of rotatable bonds is 6. The number of anilines is 3. The van der Waals surface area contributed by atoms with E-state index >= 15 is 0 Å². The van der Waals surface area contributed by atoms with Crippen molar-refractivity contribution in [2.45, 2.75) is 6.54 Å². The maximum Gasteiger partial charge on any atom is 0.255 e. The molecule has 150 valence electrons. The zero-order valence-corrected chi connectivity index (χ0v) is 16.4. The predicted molar refractivity (Wildman–Crippen MR) is 119 cm³/mol. The van der Waals surface area contributed by atoms with Crippen LogP contribution in [0.2, 0.25) is 0 Å². The Morgan fingerprint density at radius 3 is 2.60 bits per heavy atom. The molecule has 0 aliphatic carbocycles. The average molecular weight is 399 g/mol. The summed E-state index contributed by atoms with van der Waals surface area (Å²) in [4.78, 5) is 21.1. The maximum atomic E-state index is 12.4. The number of hydrogen-bond donors (Lipinski definition) is 3. The van der Waals surface area contributed by atoms with Crippen LogP contribution < -0.4 is 21.1 Å². The molecule has 0 aliphatic heterocycles. The first-order chi connectivity index (χ1) is 14.6. The largest absolute Gasteiger partial charge is 0.497 e. The Hall–Kier alpha value is -4.13. The van der Waals surface area contributed by atoms with Gasteiger partial charge in [-0.3, -0.25) is 4.79 Å². The monoisotopic (exact) mass is 399 g/mol. The highest BCUT2D eigenvalue weighted by atomic mass is 16.5. The summed E-state index contributed by atoms with van der Waals surface area (Å²) in [5, 5.41) is 7.07. The van der Waals surface area contributed by atoms with Crippen molar-refractivity contribution in [2.75, 3.05) is 23.5 Å². The van der Waals surface area contributed by atoms with E-state index in [-0.39, 0.29) is 5.91 Å². The number of methoxy groups -OCH3 is 1. The van der Waals surface area contributed by atoms with Crippen molar-refractivity contribution in [3.8, 4) is 5.75 Å². The van der Waals surface area contributed by atoms with Crippen LogP contribution in [0.1, 0.15) is 15.9 Å². The van der Waals surface area contributed by atoms with Crippen molar-refractivity contribution < 1.29 is 9.53 Å². The van der Waals surface area contributed by atoms with E-state index in [1.54, 1.807) is 31.4 Å². The molecule has 0 saturated carbocycles. The zero-order chi connectivity index (χ0) is 20.9. The molecule has 1 heterocycles. The van der Waals surface area contributed by atoms with Gasteiger partial charge >= 0.3 is 0 Å². The second kappa shape index (κ2) is 8.48. The van der Waals surface area contributed by atoms with E-state index in [2.05, 4.69) is 20.6 Å². The Labute approximate surface area is 173 Å². The Balaban J connectivity index is 1.43. The number of carbonyl (C=O) groups is 1. The molecule has 4 N–H and O–H groups in total. The molecule has 0 fully saturated rings. The highest BCUT2D eigenvalue weighted by molar-refractivity contribution is 6.05. The summed E-state index contributed by atoms with van der Waals surface area (Å²) in [5.74, 6) is 1.28. The van der Waals surface area contributed by atoms with Crippen molar-refractivity contribution in [3.05, 3.63) is 84.2 Å². The number of amides is 1. The fraction of sp³-hybridized carbons (Fsp3) is 0.0870. The van der Waals surface area contributed by atoms with Crippen molar-refractivity contribution in [1.82, 2.24) is 9.97 Å². The lowest BCUT2D eigenvalue weighted by molar-refractivity contribution is 0.102. The number of nitrogens with two attached hydrogens (primary N) is 1.